The van der Waals surface area contributed by atoms with Crippen molar-refractivity contribution in [1.29, 1.82) is 0 Å². The van der Waals surface area contributed by atoms with E-state index in [2.05, 4.69) is 10.3 Å². The summed E-state index contributed by atoms with van der Waals surface area (Å²) in [5.74, 6) is -0.497. The van der Waals surface area contributed by atoms with Gasteiger partial charge in [-0.3, -0.25) is 9.59 Å². The second-order valence-corrected chi connectivity index (χ2v) is 7.50. The number of thiazole rings is 1. The Hall–Kier alpha value is -3.06. The summed E-state index contributed by atoms with van der Waals surface area (Å²) in [6.45, 7) is 0.459. The van der Waals surface area contributed by atoms with Gasteiger partial charge in [-0.1, -0.05) is 30.3 Å². The molecule has 2 amide bonds. The van der Waals surface area contributed by atoms with Gasteiger partial charge in [-0.15, -0.1) is 11.3 Å². The molecule has 5 nitrogen and oxygen atoms in total. The van der Waals surface area contributed by atoms with E-state index in [1.807, 2.05) is 30.3 Å². The SMILES string of the molecule is O=C(Cc1csc(-c2cccc(F)c2)n1)NC1CC(=O)N(c2ccccc2)C1. The number of carbonyl (C=O) groups excluding carboxylic acids is 2. The van der Waals surface area contributed by atoms with E-state index in [4.69, 9.17) is 0 Å². The Labute approximate surface area is 165 Å². The van der Waals surface area contributed by atoms with Crippen molar-refractivity contribution in [2.75, 3.05) is 11.4 Å². The van der Waals surface area contributed by atoms with E-state index in [1.54, 1.807) is 22.4 Å². The minimum atomic E-state index is -0.319. The van der Waals surface area contributed by atoms with Crippen LogP contribution in [0.2, 0.25) is 0 Å². The van der Waals surface area contributed by atoms with Crippen LogP contribution in [-0.4, -0.2) is 29.4 Å². The van der Waals surface area contributed by atoms with Crippen LogP contribution in [0.25, 0.3) is 10.6 Å². The number of para-hydroxylation sites is 1. The molecule has 0 saturated carbocycles. The molecule has 7 heteroatoms. The number of nitrogens with zero attached hydrogens (tertiary/aromatic N) is 2. The van der Waals surface area contributed by atoms with Gasteiger partial charge in [0.1, 0.15) is 10.8 Å². The van der Waals surface area contributed by atoms with Gasteiger partial charge in [0.05, 0.1) is 18.2 Å². The highest BCUT2D eigenvalue weighted by Gasteiger charge is 2.31. The van der Waals surface area contributed by atoms with Crippen molar-refractivity contribution >= 4 is 28.8 Å². The van der Waals surface area contributed by atoms with Gasteiger partial charge in [0.25, 0.3) is 0 Å². The molecule has 1 N–H and O–H groups in total. The van der Waals surface area contributed by atoms with Gasteiger partial charge in [-0.25, -0.2) is 9.37 Å². The predicted molar refractivity (Wildman–Crippen MR) is 107 cm³/mol. The molecule has 2 aromatic carbocycles. The van der Waals surface area contributed by atoms with Crippen molar-refractivity contribution < 1.29 is 14.0 Å². The summed E-state index contributed by atoms with van der Waals surface area (Å²) >= 11 is 1.37. The van der Waals surface area contributed by atoms with Gasteiger partial charge in [-0.2, -0.15) is 0 Å². The highest BCUT2D eigenvalue weighted by atomic mass is 32.1. The lowest BCUT2D eigenvalue weighted by Crippen LogP contribution is -2.38. The molecule has 1 aliphatic rings. The van der Waals surface area contributed by atoms with E-state index in [0.29, 0.717) is 22.8 Å². The van der Waals surface area contributed by atoms with Crippen LogP contribution in [0.3, 0.4) is 0 Å². The molecule has 1 fully saturated rings. The zero-order valence-corrected chi connectivity index (χ0v) is 15.8. The first-order valence-corrected chi connectivity index (χ1v) is 9.81. The highest BCUT2D eigenvalue weighted by Crippen LogP contribution is 2.25. The molecule has 0 bridgehead atoms. The molecule has 1 unspecified atom stereocenters. The normalized spacial score (nSPS) is 16.4. The molecule has 142 valence electrons. The monoisotopic (exact) mass is 395 g/mol. The van der Waals surface area contributed by atoms with E-state index in [1.165, 1.54) is 23.5 Å². The van der Waals surface area contributed by atoms with Crippen LogP contribution in [0, 0.1) is 5.82 Å². The number of hydrogen-bond acceptors (Lipinski definition) is 4. The number of nitrogens with one attached hydrogen (secondary N) is 1. The molecule has 3 aromatic rings. The molecular formula is C21H18FN3O2S. The molecule has 2 heterocycles. The van der Waals surface area contributed by atoms with Gasteiger partial charge in [0.15, 0.2) is 0 Å². The van der Waals surface area contributed by atoms with Crippen LogP contribution in [0.15, 0.2) is 60.0 Å². The van der Waals surface area contributed by atoms with Gasteiger partial charge < -0.3 is 10.2 Å². The summed E-state index contributed by atoms with van der Waals surface area (Å²) in [5, 5.41) is 5.39. The van der Waals surface area contributed by atoms with Crippen molar-refractivity contribution in [2.24, 2.45) is 0 Å². The van der Waals surface area contributed by atoms with E-state index in [-0.39, 0.29) is 36.5 Å². The van der Waals surface area contributed by atoms with Crippen LogP contribution < -0.4 is 10.2 Å². The minimum absolute atomic E-state index is 0.00134. The molecule has 0 spiro atoms. The highest BCUT2D eigenvalue weighted by molar-refractivity contribution is 7.13. The van der Waals surface area contributed by atoms with Crippen molar-refractivity contribution in [3.8, 4) is 10.6 Å². The maximum atomic E-state index is 13.4. The van der Waals surface area contributed by atoms with Crippen LogP contribution in [0.1, 0.15) is 12.1 Å². The number of hydrogen-bond donors (Lipinski definition) is 1. The van der Waals surface area contributed by atoms with Crippen molar-refractivity contribution in [3.05, 3.63) is 71.5 Å². The minimum Gasteiger partial charge on any atom is -0.351 e. The molecule has 1 aliphatic heterocycles. The van der Waals surface area contributed by atoms with Crippen LogP contribution in [0.4, 0.5) is 10.1 Å². The van der Waals surface area contributed by atoms with Gasteiger partial charge in [0, 0.05) is 29.6 Å². The molecule has 4 rings (SSSR count). The van der Waals surface area contributed by atoms with Crippen molar-refractivity contribution in [3.63, 3.8) is 0 Å². The summed E-state index contributed by atoms with van der Waals surface area (Å²) < 4.78 is 13.4. The van der Waals surface area contributed by atoms with E-state index >= 15 is 0 Å². The fourth-order valence-corrected chi connectivity index (χ4v) is 4.06. The van der Waals surface area contributed by atoms with Crippen molar-refractivity contribution in [2.45, 2.75) is 18.9 Å². The van der Waals surface area contributed by atoms with Gasteiger partial charge >= 0.3 is 0 Å². The average molecular weight is 395 g/mol. The maximum absolute atomic E-state index is 13.4. The number of halogens is 1. The lowest BCUT2D eigenvalue weighted by Gasteiger charge is -2.17. The standard InChI is InChI=1S/C21H18FN3O2S/c22-15-6-4-5-14(9-15)21-24-17(13-28-21)10-19(26)23-16-11-20(27)25(12-16)18-7-2-1-3-8-18/h1-9,13,16H,10-12H2,(H,23,26). The summed E-state index contributed by atoms with van der Waals surface area (Å²) in [4.78, 5) is 30.7. The van der Waals surface area contributed by atoms with Crippen LogP contribution in [-0.2, 0) is 16.0 Å². The lowest BCUT2D eigenvalue weighted by atomic mass is 10.2. The smallest absolute Gasteiger partial charge is 0.229 e. The molecule has 1 saturated heterocycles. The molecule has 1 aromatic heterocycles. The third-order valence-electron chi connectivity index (χ3n) is 4.52. The molecule has 0 aliphatic carbocycles. The molecule has 1 atom stereocenters. The number of amides is 2. The number of carbonyl (C=O) groups is 2. The second-order valence-electron chi connectivity index (χ2n) is 6.64. The van der Waals surface area contributed by atoms with Crippen LogP contribution >= 0.6 is 11.3 Å². The largest absolute Gasteiger partial charge is 0.351 e. The second kappa shape index (κ2) is 7.90. The number of anilines is 1. The first-order valence-electron chi connectivity index (χ1n) is 8.93. The number of rotatable bonds is 5. The van der Waals surface area contributed by atoms with Crippen LogP contribution in [0.5, 0.6) is 0 Å². The third-order valence-corrected chi connectivity index (χ3v) is 5.46. The third kappa shape index (κ3) is 4.09. The Morgan fingerprint density at radius 1 is 1.21 bits per heavy atom. The Morgan fingerprint density at radius 2 is 2.04 bits per heavy atom. The zero-order valence-electron chi connectivity index (χ0n) is 15.0. The van der Waals surface area contributed by atoms with E-state index in [9.17, 15) is 14.0 Å². The topological polar surface area (TPSA) is 62.3 Å². The van der Waals surface area contributed by atoms with Gasteiger partial charge in [0.2, 0.25) is 11.8 Å². The summed E-state index contributed by atoms with van der Waals surface area (Å²) in [6.07, 6.45) is 0.411. The number of aromatic nitrogens is 1. The fraction of sp³-hybridized carbons (Fsp3) is 0.190. The average Bonchev–Trinajstić information content (AvgIpc) is 3.29. The van der Waals surface area contributed by atoms with Crippen molar-refractivity contribution in [1.82, 2.24) is 10.3 Å². The molecule has 0 radical (unpaired) electrons. The first-order chi connectivity index (χ1) is 13.6. The van der Waals surface area contributed by atoms with E-state index < -0.39 is 0 Å². The first kappa shape index (κ1) is 18.3. The molecule has 28 heavy (non-hydrogen) atoms. The number of benzene rings is 2. The Balaban J connectivity index is 1.36. The summed E-state index contributed by atoms with van der Waals surface area (Å²) in [5.41, 5.74) is 2.16. The van der Waals surface area contributed by atoms with Gasteiger partial charge in [-0.05, 0) is 24.3 Å². The summed E-state index contributed by atoms with van der Waals surface area (Å²) in [7, 11) is 0. The van der Waals surface area contributed by atoms with E-state index in [0.717, 1.165) is 5.69 Å². The Morgan fingerprint density at radius 3 is 2.82 bits per heavy atom. The Bertz CT molecular complexity index is 1010. The Kier molecular flexibility index (Phi) is 5.16. The fourth-order valence-electron chi connectivity index (χ4n) is 3.25. The zero-order chi connectivity index (χ0) is 19.5. The quantitative estimate of drug-likeness (QED) is 0.720. The molecular weight excluding hydrogens is 377 g/mol. The predicted octanol–water partition coefficient (Wildman–Crippen LogP) is 3.41. The maximum Gasteiger partial charge on any atom is 0.229 e. The summed E-state index contributed by atoms with van der Waals surface area (Å²) in [6, 6.07) is 15.4. The lowest BCUT2D eigenvalue weighted by molar-refractivity contribution is -0.121.